The van der Waals surface area contributed by atoms with Gasteiger partial charge in [0.25, 0.3) is 0 Å². The number of hydrogen-bond donors (Lipinski definition) is 0. The maximum absolute atomic E-state index is 5.20. The Morgan fingerprint density at radius 2 is 0.558 bits per heavy atom. The molecule has 0 aliphatic carbocycles. The van der Waals surface area contributed by atoms with Crippen LogP contribution in [0.25, 0.3) is 86.8 Å². The fraction of sp³-hybridized carbons (Fsp3) is 0. The standard InChI is InChI=1S/C48H32N2S2/c1-5-14-33(15-6-1)41-29-39(31-43(49-41)47-26-24-45(51-47)35-18-9-3-10-19-35)37-22-13-23-38(28-37)40-30-42(34-16-7-2-8-17-34)50-44(32-40)48-27-25-46(52-48)36-20-11-4-12-21-36/h1-32H. The lowest BCUT2D eigenvalue weighted by atomic mass is 9.96. The maximum Gasteiger partial charge on any atom is 0.0815 e. The van der Waals surface area contributed by atoms with Gasteiger partial charge in [0.2, 0.25) is 0 Å². The van der Waals surface area contributed by atoms with Crippen molar-refractivity contribution in [1.29, 1.82) is 0 Å². The lowest BCUT2D eigenvalue weighted by Gasteiger charge is -2.12. The van der Waals surface area contributed by atoms with E-state index in [2.05, 4.69) is 194 Å². The van der Waals surface area contributed by atoms with Crippen molar-refractivity contribution in [2.45, 2.75) is 0 Å². The number of rotatable bonds is 8. The molecule has 0 saturated carbocycles. The van der Waals surface area contributed by atoms with E-state index in [9.17, 15) is 0 Å². The minimum absolute atomic E-state index is 0.956. The molecule has 0 unspecified atom stereocenters. The van der Waals surface area contributed by atoms with Gasteiger partial charge in [-0.1, -0.05) is 140 Å². The number of benzene rings is 5. The number of hydrogen-bond acceptors (Lipinski definition) is 4. The van der Waals surface area contributed by atoms with Gasteiger partial charge in [-0.25, -0.2) is 9.97 Å². The van der Waals surface area contributed by atoms with Gasteiger partial charge in [-0.3, -0.25) is 0 Å². The second kappa shape index (κ2) is 14.2. The van der Waals surface area contributed by atoms with Crippen LogP contribution in [0.15, 0.2) is 194 Å². The molecule has 9 aromatic rings. The molecular weight excluding hydrogens is 669 g/mol. The van der Waals surface area contributed by atoms with Crippen molar-refractivity contribution in [2.24, 2.45) is 0 Å². The lowest BCUT2D eigenvalue weighted by molar-refractivity contribution is 1.33. The van der Waals surface area contributed by atoms with Crippen molar-refractivity contribution in [3.05, 3.63) is 194 Å². The minimum Gasteiger partial charge on any atom is -0.247 e. The Morgan fingerprint density at radius 1 is 0.231 bits per heavy atom. The topological polar surface area (TPSA) is 25.8 Å². The molecule has 5 aromatic carbocycles. The average Bonchev–Trinajstić information content (AvgIpc) is 3.94. The fourth-order valence-electron chi connectivity index (χ4n) is 6.51. The normalized spacial score (nSPS) is 11.1. The molecule has 4 aromatic heterocycles. The first kappa shape index (κ1) is 31.8. The molecule has 246 valence electrons. The first-order chi connectivity index (χ1) is 25.7. The Morgan fingerprint density at radius 3 is 0.962 bits per heavy atom. The van der Waals surface area contributed by atoms with Gasteiger partial charge < -0.3 is 0 Å². The smallest absolute Gasteiger partial charge is 0.0815 e. The SMILES string of the molecule is c1ccc(-c2cc(-c3cccc(-c4cc(-c5ccccc5)nc(-c5ccc(-c6ccccc6)s5)c4)c3)cc(-c3ccc(-c4ccccc4)s3)n2)cc1. The second-order valence-corrected chi connectivity index (χ2v) is 14.8. The molecule has 0 aliphatic rings. The minimum atomic E-state index is 0.956. The molecular formula is C48H32N2S2. The predicted octanol–water partition coefficient (Wildman–Crippen LogP) is 13.9. The predicted molar refractivity (Wildman–Crippen MR) is 221 cm³/mol. The summed E-state index contributed by atoms with van der Waals surface area (Å²) in [5.41, 5.74) is 13.0. The van der Waals surface area contributed by atoms with Crippen LogP contribution in [-0.4, -0.2) is 9.97 Å². The highest BCUT2D eigenvalue weighted by Gasteiger charge is 2.15. The van der Waals surface area contributed by atoms with Gasteiger partial charge in [-0.15, -0.1) is 22.7 Å². The maximum atomic E-state index is 5.20. The molecule has 0 aliphatic heterocycles. The van der Waals surface area contributed by atoms with Crippen molar-refractivity contribution in [1.82, 2.24) is 9.97 Å². The van der Waals surface area contributed by atoms with Gasteiger partial charge in [0.1, 0.15) is 0 Å². The first-order valence-corrected chi connectivity index (χ1v) is 18.9. The van der Waals surface area contributed by atoms with Crippen LogP contribution in [0.2, 0.25) is 0 Å². The largest absolute Gasteiger partial charge is 0.247 e. The highest BCUT2D eigenvalue weighted by atomic mass is 32.1. The molecule has 0 radical (unpaired) electrons. The van der Waals surface area contributed by atoms with Crippen LogP contribution in [-0.2, 0) is 0 Å². The average molecular weight is 701 g/mol. The van der Waals surface area contributed by atoms with Gasteiger partial charge in [0, 0.05) is 20.9 Å². The summed E-state index contributed by atoms with van der Waals surface area (Å²) in [6.07, 6.45) is 0. The molecule has 4 heteroatoms. The molecule has 4 heterocycles. The molecule has 0 N–H and O–H groups in total. The van der Waals surface area contributed by atoms with Crippen molar-refractivity contribution in [2.75, 3.05) is 0 Å². The third-order valence-electron chi connectivity index (χ3n) is 9.15. The van der Waals surface area contributed by atoms with Crippen molar-refractivity contribution in [3.63, 3.8) is 0 Å². The molecule has 0 bridgehead atoms. The van der Waals surface area contributed by atoms with Gasteiger partial charge >= 0.3 is 0 Å². The fourth-order valence-corrected chi connectivity index (χ4v) is 8.45. The monoisotopic (exact) mass is 700 g/mol. The summed E-state index contributed by atoms with van der Waals surface area (Å²) in [4.78, 5) is 15.2. The Hall–Kier alpha value is -6.20. The third kappa shape index (κ3) is 6.66. The van der Waals surface area contributed by atoms with Crippen LogP contribution in [0.5, 0.6) is 0 Å². The molecule has 0 atom stereocenters. The van der Waals surface area contributed by atoms with Gasteiger partial charge in [0.05, 0.1) is 32.5 Å². The van der Waals surface area contributed by atoms with Crippen LogP contribution in [0.4, 0.5) is 0 Å². The Bertz CT molecular complexity index is 2430. The van der Waals surface area contributed by atoms with E-state index in [0.717, 1.165) is 65.9 Å². The van der Waals surface area contributed by atoms with Crippen molar-refractivity contribution >= 4 is 22.7 Å². The van der Waals surface area contributed by atoms with E-state index >= 15 is 0 Å². The van der Waals surface area contributed by atoms with Crippen LogP contribution in [0.1, 0.15) is 0 Å². The molecule has 2 nitrogen and oxygen atoms in total. The van der Waals surface area contributed by atoms with Crippen LogP contribution in [0, 0.1) is 0 Å². The number of thiophene rings is 2. The van der Waals surface area contributed by atoms with Crippen molar-refractivity contribution < 1.29 is 0 Å². The van der Waals surface area contributed by atoms with E-state index in [1.54, 1.807) is 22.7 Å². The van der Waals surface area contributed by atoms with E-state index in [0.29, 0.717) is 0 Å². The third-order valence-corrected chi connectivity index (χ3v) is 11.5. The second-order valence-electron chi connectivity index (χ2n) is 12.6. The molecule has 0 saturated heterocycles. The van der Waals surface area contributed by atoms with Crippen LogP contribution in [0.3, 0.4) is 0 Å². The summed E-state index contributed by atoms with van der Waals surface area (Å²) in [6, 6.07) is 68.6. The Labute approximate surface area is 312 Å². The van der Waals surface area contributed by atoms with Gasteiger partial charge in [-0.2, -0.15) is 0 Å². The van der Waals surface area contributed by atoms with Gasteiger partial charge in [0.15, 0.2) is 0 Å². The number of nitrogens with zero attached hydrogens (tertiary/aromatic N) is 2. The zero-order valence-electron chi connectivity index (χ0n) is 28.2. The van der Waals surface area contributed by atoms with E-state index in [1.165, 1.54) is 20.9 Å². The molecule has 52 heavy (non-hydrogen) atoms. The summed E-state index contributed by atoms with van der Waals surface area (Å²) >= 11 is 3.56. The first-order valence-electron chi connectivity index (χ1n) is 17.3. The number of aromatic nitrogens is 2. The summed E-state index contributed by atoms with van der Waals surface area (Å²) in [7, 11) is 0. The molecule has 0 spiro atoms. The summed E-state index contributed by atoms with van der Waals surface area (Å²) in [6.45, 7) is 0. The molecule has 0 fully saturated rings. The van der Waals surface area contributed by atoms with E-state index < -0.39 is 0 Å². The van der Waals surface area contributed by atoms with Crippen LogP contribution < -0.4 is 0 Å². The summed E-state index contributed by atoms with van der Waals surface area (Å²) in [5, 5.41) is 0. The zero-order valence-corrected chi connectivity index (χ0v) is 29.8. The summed E-state index contributed by atoms with van der Waals surface area (Å²) in [5.74, 6) is 0. The highest BCUT2D eigenvalue weighted by molar-refractivity contribution is 7.19. The molecule has 9 rings (SSSR count). The zero-order chi connectivity index (χ0) is 34.7. The Balaban J connectivity index is 1.15. The van der Waals surface area contributed by atoms with Gasteiger partial charge in [-0.05, 0) is 88.0 Å². The van der Waals surface area contributed by atoms with E-state index in [1.807, 2.05) is 0 Å². The van der Waals surface area contributed by atoms with Crippen molar-refractivity contribution in [3.8, 4) is 86.8 Å². The van der Waals surface area contributed by atoms with E-state index in [-0.39, 0.29) is 0 Å². The number of pyridine rings is 2. The Kier molecular flexibility index (Phi) is 8.67. The summed E-state index contributed by atoms with van der Waals surface area (Å²) < 4.78 is 0. The quantitative estimate of drug-likeness (QED) is 0.158. The molecule has 0 amide bonds. The lowest BCUT2D eigenvalue weighted by Crippen LogP contribution is -1.92. The highest BCUT2D eigenvalue weighted by Crippen LogP contribution is 2.40. The van der Waals surface area contributed by atoms with E-state index in [4.69, 9.17) is 9.97 Å². The van der Waals surface area contributed by atoms with Crippen LogP contribution >= 0.6 is 22.7 Å².